The van der Waals surface area contributed by atoms with Crippen molar-refractivity contribution in [3.05, 3.63) is 29.8 Å². The van der Waals surface area contributed by atoms with Gasteiger partial charge in [-0.05, 0) is 50.8 Å². The van der Waals surface area contributed by atoms with Crippen molar-refractivity contribution in [2.45, 2.75) is 63.1 Å². The summed E-state index contributed by atoms with van der Waals surface area (Å²) in [5, 5.41) is 0. The maximum Gasteiger partial charge on any atom is 0.243 e. The first-order valence-corrected chi connectivity index (χ1v) is 11.3. The molecule has 1 amide bonds. The summed E-state index contributed by atoms with van der Waals surface area (Å²) in [6, 6.07) is 6.99. The second kappa shape index (κ2) is 8.71. The monoisotopic (exact) mass is 394 g/mol. The van der Waals surface area contributed by atoms with Crippen LogP contribution in [0.15, 0.2) is 29.2 Å². The van der Waals surface area contributed by atoms with Crippen LogP contribution in [0.25, 0.3) is 0 Å². The normalized spacial score (nSPS) is 24.7. The molecule has 2 atom stereocenters. The quantitative estimate of drug-likeness (QED) is 0.769. The second-order valence-corrected chi connectivity index (χ2v) is 9.60. The molecule has 0 unspecified atom stereocenters. The molecule has 2 aliphatic rings. The number of sulfonamides is 1. The summed E-state index contributed by atoms with van der Waals surface area (Å²) >= 11 is 0. The summed E-state index contributed by atoms with van der Waals surface area (Å²) in [5.74, 6) is 0.127. The third-order valence-electron chi connectivity index (χ3n) is 5.28. The molecule has 3 rings (SSSR count). The summed E-state index contributed by atoms with van der Waals surface area (Å²) in [6.07, 6.45) is 4.13. The van der Waals surface area contributed by atoms with Gasteiger partial charge in [-0.2, -0.15) is 4.31 Å². The van der Waals surface area contributed by atoms with Gasteiger partial charge in [-0.1, -0.05) is 18.6 Å². The second-order valence-electron chi connectivity index (χ2n) is 7.66. The first-order valence-electron chi connectivity index (χ1n) is 9.88. The Kier molecular flexibility index (Phi) is 6.55. The number of ether oxygens (including phenoxy) is 1. The minimum Gasteiger partial charge on any atom is -0.372 e. The summed E-state index contributed by atoms with van der Waals surface area (Å²) in [6.45, 7) is 6.45. The highest BCUT2D eigenvalue weighted by Crippen LogP contribution is 2.21. The molecule has 7 heteroatoms. The molecule has 150 valence electrons. The van der Waals surface area contributed by atoms with Crippen LogP contribution in [-0.2, 0) is 26.0 Å². The predicted molar refractivity (Wildman–Crippen MR) is 104 cm³/mol. The number of carbonyl (C=O) groups excluding carboxylic acids is 1. The SMILES string of the molecule is C[C@H]1CN(C(=O)CCc2ccc(S(=O)(=O)N3CCCCC3)cc2)C[C@H](C)O1. The lowest BCUT2D eigenvalue weighted by Crippen LogP contribution is -2.48. The maximum atomic E-state index is 12.7. The summed E-state index contributed by atoms with van der Waals surface area (Å²) in [5.41, 5.74) is 0.982. The van der Waals surface area contributed by atoms with E-state index in [-0.39, 0.29) is 18.1 Å². The van der Waals surface area contributed by atoms with Crippen LogP contribution < -0.4 is 0 Å². The number of nitrogens with zero attached hydrogens (tertiary/aromatic N) is 2. The van der Waals surface area contributed by atoms with Crippen molar-refractivity contribution in [1.29, 1.82) is 0 Å². The van der Waals surface area contributed by atoms with E-state index in [4.69, 9.17) is 4.74 Å². The number of amides is 1. The number of hydrogen-bond acceptors (Lipinski definition) is 4. The summed E-state index contributed by atoms with van der Waals surface area (Å²) in [4.78, 5) is 14.7. The number of piperidine rings is 1. The fourth-order valence-corrected chi connectivity index (χ4v) is 5.39. The van der Waals surface area contributed by atoms with Crippen molar-refractivity contribution in [2.24, 2.45) is 0 Å². The molecule has 0 aromatic heterocycles. The van der Waals surface area contributed by atoms with Gasteiger partial charge in [-0.25, -0.2) is 8.42 Å². The van der Waals surface area contributed by atoms with Gasteiger partial charge in [0.15, 0.2) is 0 Å². The van der Waals surface area contributed by atoms with Crippen LogP contribution in [0.5, 0.6) is 0 Å². The molecule has 0 saturated carbocycles. The highest BCUT2D eigenvalue weighted by atomic mass is 32.2. The number of rotatable bonds is 5. The number of benzene rings is 1. The van der Waals surface area contributed by atoms with Crippen LogP contribution in [0.1, 0.15) is 45.1 Å². The molecule has 2 fully saturated rings. The minimum atomic E-state index is -3.40. The summed E-state index contributed by atoms with van der Waals surface area (Å²) < 4.78 is 32.6. The summed E-state index contributed by atoms with van der Waals surface area (Å²) in [7, 11) is -3.40. The Labute approximate surface area is 162 Å². The topological polar surface area (TPSA) is 66.9 Å². The van der Waals surface area contributed by atoms with Gasteiger partial charge in [0.05, 0.1) is 17.1 Å². The van der Waals surface area contributed by atoms with E-state index in [0.717, 1.165) is 24.8 Å². The molecule has 0 N–H and O–H groups in total. The third kappa shape index (κ3) is 5.09. The molecule has 0 aliphatic carbocycles. The fourth-order valence-electron chi connectivity index (χ4n) is 3.87. The average Bonchev–Trinajstić information content (AvgIpc) is 2.66. The Morgan fingerprint density at radius 3 is 2.22 bits per heavy atom. The number of aryl methyl sites for hydroxylation is 1. The van der Waals surface area contributed by atoms with Crippen molar-refractivity contribution in [2.75, 3.05) is 26.2 Å². The van der Waals surface area contributed by atoms with Crippen LogP contribution in [0.2, 0.25) is 0 Å². The molecular formula is C20H30N2O4S. The molecule has 0 spiro atoms. The van der Waals surface area contributed by atoms with E-state index in [1.54, 1.807) is 16.4 Å². The Morgan fingerprint density at radius 1 is 1.04 bits per heavy atom. The van der Waals surface area contributed by atoms with Gasteiger partial charge in [-0.3, -0.25) is 4.79 Å². The zero-order valence-electron chi connectivity index (χ0n) is 16.3. The van der Waals surface area contributed by atoms with Gasteiger partial charge in [0.1, 0.15) is 0 Å². The predicted octanol–water partition coefficient (Wildman–Crippen LogP) is 2.43. The van der Waals surface area contributed by atoms with Crippen molar-refractivity contribution in [3.63, 3.8) is 0 Å². The van der Waals surface area contributed by atoms with E-state index in [1.807, 2.05) is 30.9 Å². The van der Waals surface area contributed by atoms with Crippen LogP contribution in [0, 0.1) is 0 Å². The molecule has 1 aromatic carbocycles. The van der Waals surface area contributed by atoms with Crippen molar-refractivity contribution >= 4 is 15.9 Å². The van der Waals surface area contributed by atoms with E-state index in [9.17, 15) is 13.2 Å². The average molecular weight is 395 g/mol. The third-order valence-corrected chi connectivity index (χ3v) is 7.19. The molecule has 6 nitrogen and oxygen atoms in total. The van der Waals surface area contributed by atoms with Gasteiger partial charge in [0.25, 0.3) is 0 Å². The van der Waals surface area contributed by atoms with Gasteiger partial charge < -0.3 is 9.64 Å². The van der Waals surface area contributed by atoms with Crippen LogP contribution in [0.4, 0.5) is 0 Å². The van der Waals surface area contributed by atoms with Crippen LogP contribution in [-0.4, -0.2) is 61.9 Å². The Hall–Kier alpha value is -1.44. The lowest BCUT2D eigenvalue weighted by atomic mass is 10.1. The van der Waals surface area contributed by atoms with Gasteiger partial charge in [0.2, 0.25) is 15.9 Å². The molecule has 2 heterocycles. The van der Waals surface area contributed by atoms with E-state index < -0.39 is 10.0 Å². The Morgan fingerprint density at radius 2 is 1.63 bits per heavy atom. The van der Waals surface area contributed by atoms with Gasteiger partial charge >= 0.3 is 0 Å². The van der Waals surface area contributed by atoms with E-state index in [0.29, 0.717) is 43.9 Å². The lowest BCUT2D eigenvalue weighted by Gasteiger charge is -2.35. The molecule has 27 heavy (non-hydrogen) atoms. The van der Waals surface area contributed by atoms with Crippen molar-refractivity contribution in [1.82, 2.24) is 9.21 Å². The van der Waals surface area contributed by atoms with E-state index in [1.165, 1.54) is 0 Å². The molecular weight excluding hydrogens is 364 g/mol. The molecule has 0 bridgehead atoms. The smallest absolute Gasteiger partial charge is 0.243 e. The highest BCUT2D eigenvalue weighted by molar-refractivity contribution is 7.89. The molecule has 2 saturated heterocycles. The first-order chi connectivity index (χ1) is 12.9. The maximum absolute atomic E-state index is 12.7. The fraction of sp³-hybridized carbons (Fsp3) is 0.650. The van der Waals surface area contributed by atoms with Crippen LogP contribution >= 0.6 is 0 Å². The number of hydrogen-bond donors (Lipinski definition) is 0. The molecule has 0 radical (unpaired) electrons. The van der Waals surface area contributed by atoms with Crippen LogP contribution in [0.3, 0.4) is 0 Å². The van der Waals surface area contributed by atoms with E-state index >= 15 is 0 Å². The Balaban J connectivity index is 1.57. The zero-order valence-corrected chi connectivity index (χ0v) is 17.1. The molecule has 1 aromatic rings. The number of morpholine rings is 1. The highest BCUT2D eigenvalue weighted by Gasteiger charge is 2.27. The van der Waals surface area contributed by atoms with Crippen molar-refractivity contribution in [3.8, 4) is 0 Å². The largest absolute Gasteiger partial charge is 0.372 e. The van der Waals surface area contributed by atoms with Crippen molar-refractivity contribution < 1.29 is 17.9 Å². The zero-order chi connectivity index (χ0) is 19.4. The number of carbonyl (C=O) groups is 1. The Bertz CT molecular complexity index is 732. The van der Waals surface area contributed by atoms with E-state index in [2.05, 4.69) is 0 Å². The lowest BCUT2D eigenvalue weighted by molar-refractivity contribution is -0.143. The molecule has 2 aliphatic heterocycles. The van der Waals surface area contributed by atoms with Gasteiger partial charge in [-0.15, -0.1) is 0 Å². The standard InChI is InChI=1S/C20H30N2O4S/c1-16-14-21(15-17(2)26-16)20(23)11-8-18-6-9-19(10-7-18)27(24,25)22-12-4-3-5-13-22/h6-7,9-10,16-17H,3-5,8,11-15H2,1-2H3/t16-,17-/m0/s1. The van der Waals surface area contributed by atoms with Gasteiger partial charge in [0, 0.05) is 32.6 Å². The minimum absolute atomic E-state index is 0.0666. The first kappa shape index (κ1) is 20.3.